The second-order valence-electron chi connectivity index (χ2n) is 5.29. The van der Waals surface area contributed by atoms with E-state index in [1.807, 2.05) is 0 Å². The largest absolute Gasteiger partial charge is 0.379 e. The van der Waals surface area contributed by atoms with Gasteiger partial charge in [-0.25, -0.2) is 10.4 Å². The molecule has 0 radical (unpaired) electrons. The summed E-state index contributed by atoms with van der Waals surface area (Å²) in [6.07, 6.45) is 6.35. The first-order chi connectivity index (χ1) is 8.20. The van der Waals surface area contributed by atoms with Crippen LogP contribution in [0.2, 0.25) is 0 Å². The molecule has 3 N–H and O–H groups in total. The SMILES string of the molecule is CCCCCCC(C)(CN)NN1CCOCC1. The normalized spacial score (nSPS) is 21.4. The number of morpholine rings is 1. The van der Waals surface area contributed by atoms with Gasteiger partial charge in [0.25, 0.3) is 0 Å². The van der Waals surface area contributed by atoms with Crippen molar-refractivity contribution in [1.82, 2.24) is 10.4 Å². The first-order valence-corrected chi connectivity index (χ1v) is 7.01. The van der Waals surface area contributed by atoms with Crippen molar-refractivity contribution in [3.63, 3.8) is 0 Å². The lowest BCUT2D eigenvalue weighted by Gasteiger charge is -2.38. The summed E-state index contributed by atoms with van der Waals surface area (Å²) in [5, 5.41) is 2.26. The molecule has 0 aromatic carbocycles. The molecule has 4 heteroatoms. The average molecular weight is 243 g/mol. The highest BCUT2D eigenvalue weighted by atomic mass is 16.5. The summed E-state index contributed by atoms with van der Waals surface area (Å²) in [6, 6.07) is 0. The van der Waals surface area contributed by atoms with Gasteiger partial charge in [0.05, 0.1) is 13.2 Å². The maximum absolute atomic E-state index is 5.92. The van der Waals surface area contributed by atoms with Gasteiger partial charge < -0.3 is 10.5 Å². The molecule has 1 heterocycles. The van der Waals surface area contributed by atoms with Crippen molar-refractivity contribution < 1.29 is 4.74 Å². The van der Waals surface area contributed by atoms with Crippen molar-refractivity contribution in [1.29, 1.82) is 0 Å². The minimum atomic E-state index is 0.0467. The lowest BCUT2D eigenvalue weighted by molar-refractivity contribution is -0.0105. The standard InChI is InChI=1S/C13H29N3O/c1-3-4-5-6-7-13(2,12-14)15-16-8-10-17-11-9-16/h15H,3-12,14H2,1-2H3. The van der Waals surface area contributed by atoms with Crippen molar-refractivity contribution in [3.8, 4) is 0 Å². The van der Waals surface area contributed by atoms with Gasteiger partial charge >= 0.3 is 0 Å². The van der Waals surface area contributed by atoms with Gasteiger partial charge in [-0.15, -0.1) is 0 Å². The topological polar surface area (TPSA) is 50.5 Å². The molecule has 0 amide bonds. The number of nitrogens with zero attached hydrogens (tertiary/aromatic N) is 1. The summed E-state index contributed by atoms with van der Waals surface area (Å²) in [5.74, 6) is 0. The Morgan fingerprint density at radius 2 is 1.94 bits per heavy atom. The van der Waals surface area contributed by atoms with Crippen molar-refractivity contribution in [2.45, 2.75) is 51.5 Å². The fourth-order valence-electron chi connectivity index (χ4n) is 2.20. The lowest BCUT2D eigenvalue weighted by Crippen LogP contribution is -2.59. The van der Waals surface area contributed by atoms with Gasteiger partial charge in [0.1, 0.15) is 0 Å². The Labute approximate surface area is 106 Å². The van der Waals surface area contributed by atoms with Crippen LogP contribution >= 0.6 is 0 Å². The minimum absolute atomic E-state index is 0.0467. The second-order valence-corrected chi connectivity index (χ2v) is 5.29. The third-order valence-electron chi connectivity index (χ3n) is 3.47. The number of nitrogens with two attached hydrogens (primary N) is 1. The van der Waals surface area contributed by atoms with Crippen LogP contribution in [0, 0.1) is 0 Å². The van der Waals surface area contributed by atoms with Crippen molar-refractivity contribution in [2.75, 3.05) is 32.8 Å². The molecule has 102 valence electrons. The molecule has 1 unspecified atom stereocenters. The van der Waals surface area contributed by atoms with Crippen molar-refractivity contribution >= 4 is 0 Å². The summed E-state index contributed by atoms with van der Waals surface area (Å²) >= 11 is 0. The third kappa shape index (κ3) is 5.82. The lowest BCUT2D eigenvalue weighted by atomic mass is 9.95. The van der Waals surface area contributed by atoms with E-state index < -0.39 is 0 Å². The first-order valence-electron chi connectivity index (χ1n) is 7.01. The van der Waals surface area contributed by atoms with Crippen LogP contribution in [0.5, 0.6) is 0 Å². The quantitative estimate of drug-likeness (QED) is 0.635. The smallest absolute Gasteiger partial charge is 0.0608 e. The maximum Gasteiger partial charge on any atom is 0.0608 e. The van der Waals surface area contributed by atoms with Gasteiger partial charge in [0.2, 0.25) is 0 Å². The molecule has 4 nitrogen and oxygen atoms in total. The molecule has 1 aliphatic heterocycles. The Balaban J connectivity index is 2.27. The van der Waals surface area contributed by atoms with Gasteiger partial charge in [-0.05, 0) is 13.3 Å². The van der Waals surface area contributed by atoms with E-state index in [0.717, 1.165) is 32.7 Å². The van der Waals surface area contributed by atoms with E-state index in [0.29, 0.717) is 6.54 Å². The fraction of sp³-hybridized carbons (Fsp3) is 1.00. The van der Waals surface area contributed by atoms with Gasteiger partial charge in [-0.1, -0.05) is 32.6 Å². The number of unbranched alkanes of at least 4 members (excludes halogenated alkanes) is 3. The molecule has 1 rings (SSSR count). The second kappa shape index (κ2) is 8.03. The third-order valence-corrected chi connectivity index (χ3v) is 3.47. The monoisotopic (exact) mass is 243 g/mol. The Kier molecular flexibility index (Phi) is 7.04. The highest BCUT2D eigenvalue weighted by Crippen LogP contribution is 2.15. The molecular formula is C13H29N3O. The Morgan fingerprint density at radius 1 is 1.24 bits per heavy atom. The number of hydrogen-bond donors (Lipinski definition) is 2. The van der Waals surface area contributed by atoms with E-state index in [9.17, 15) is 0 Å². The van der Waals surface area contributed by atoms with E-state index in [4.69, 9.17) is 10.5 Å². The van der Waals surface area contributed by atoms with Crippen LogP contribution in [-0.4, -0.2) is 43.4 Å². The summed E-state index contributed by atoms with van der Waals surface area (Å²) < 4.78 is 5.35. The predicted octanol–water partition coefficient (Wildman–Crippen LogP) is 1.51. The van der Waals surface area contributed by atoms with Crippen LogP contribution in [-0.2, 0) is 4.74 Å². The maximum atomic E-state index is 5.92. The zero-order valence-electron chi connectivity index (χ0n) is 11.5. The predicted molar refractivity (Wildman–Crippen MR) is 71.7 cm³/mol. The highest BCUT2D eigenvalue weighted by Gasteiger charge is 2.25. The first kappa shape index (κ1) is 14.9. The molecule has 0 spiro atoms. The molecule has 0 aromatic rings. The molecule has 1 atom stereocenters. The minimum Gasteiger partial charge on any atom is -0.379 e. The van der Waals surface area contributed by atoms with E-state index in [-0.39, 0.29) is 5.54 Å². The van der Waals surface area contributed by atoms with Crippen LogP contribution in [0.3, 0.4) is 0 Å². The number of ether oxygens (including phenoxy) is 1. The van der Waals surface area contributed by atoms with E-state index in [1.165, 1.54) is 25.7 Å². The summed E-state index contributed by atoms with van der Waals surface area (Å²) in [4.78, 5) is 0. The van der Waals surface area contributed by atoms with Gasteiger partial charge in [-0.3, -0.25) is 0 Å². The molecule has 1 saturated heterocycles. The molecule has 17 heavy (non-hydrogen) atoms. The van der Waals surface area contributed by atoms with Crippen LogP contribution in [0.25, 0.3) is 0 Å². The highest BCUT2D eigenvalue weighted by molar-refractivity contribution is 4.83. The molecular weight excluding hydrogens is 214 g/mol. The number of nitrogens with one attached hydrogen (secondary N) is 1. The molecule has 0 aromatic heterocycles. The molecule has 1 fully saturated rings. The van der Waals surface area contributed by atoms with E-state index in [1.54, 1.807) is 0 Å². The van der Waals surface area contributed by atoms with Gasteiger partial charge in [-0.2, -0.15) is 0 Å². The Morgan fingerprint density at radius 3 is 2.53 bits per heavy atom. The fourth-order valence-corrected chi connectivity index (χ4v) is 2.20. The van der Waals surface area contributed by atoms with Gasteiger partial charge in [0.15, 0.2) is 0 Å². The van der Waals surface area contributed by atoms with Crippen molar-refractivity contribution in [2.24, 2.45) is 5.73 Å². The molecule has 1 aliphatic rings. The van der Waals surface area contributed by atoms with E-state index >= 15 is 0 Å². The van der Waals surface area contributed by atoms with Crippen LogP contribution in [0.4, 0.5) is 0 Å². The number of hydrogen-bond acceptors (Lipinski definition) is 4. The van der Waals surface area contributed by atoms with Crippen molar-refractivity contribution in [3.05, 3.63) is 0 Å². The summed E-state index contributed by atoms with van der Waals surface area (Å²) in [6.45, 7) is 8.74. The Hall–Kier alpha value is -0.160. The van der Waals surface area contributed by atoms with Crippen LogP contribution in [0.15, 0.2) is 0 Å². The van der Waals surface area contributed by atoms with Crippen LogP contribution < -0.4 is 11.2 Å². The molecule has 0 aliphatic carbocycles. The van der Waals surface area contributed by atoms with Crippen LogP contribution in [0.1, 0.15) is 46.0 Å². The summed E-state index contributed by atoms with van der Waals surface area (Å²) in [5.41, 5.74) is 9.55. The number of hydrazine groups is 1. The molecule has 0 saturated carbocycles. The molecule has 0 bridgehead atoms. The average Bonchev–Trinajstić information content (AvgIpc) is 2.36. The number of rotatable bonds is 8. The zero-order chi connectivity index (χ0) is 12.6. The Bertz CT molecular complexity index is 195. The zero-order valence-corrected chi connectivity index (χ0v) is 11.5. The van der Waals surface area contributed by atoms with E-state index in [2.05, 4.69) is 24.3 Å². The summed E-state index contributed by atoms with van der Waals surface area (Å²) in [7, 11) is 0. The van der Waals surface area contributed by atoms with Gasteiger partial charge in [0, 0.05) is 25.2 Å².